The average Bonchev–Trinajstić information content (AvgIpc) is 2.79. The second-order valence-electron chi connectivity index (χ2n) is 7.22. The van der Waals surface area contributed by atoms with Gasteiger partial charge in [0.2, 0.25) is 0 Å². The molecule has 1 fully saturated rings. The molecule has 1 saturated heterocycles. The maximum atomic E-state index is 13.3. The Morgan fingerprint density at radius 3 is 2.29 bits per heavy atom. The number of aryl methyl sites for hydroxylation is 1. The molecule has 0 spiro atoms. The lowest BCUT2D eigenvalue weighted by atomic mass is 9.96. The molecule has 28 heavy (non-hydrogen) atoms. The summed E-state index contributed by atoms with van der Waals surface area (Å²) in [4.78, 5) is 24.3. The van der Waals surface area contributed by atoms with E-state index in [0.717, 1.165) is 54.7 Å². The van der Waals surface area contributed by atoms with Crippen molar-refractivity contribution in [3.05, 3.63) is 72.2 Å². The van der Waals surface area contributed by atoms with Gasteiger partial charge in [-0.3, -0.25) is 4.79 Å². The van der Waals surface area contributed by atoms with Crippen LogP contribution in [0.25, 0.3) is 22.4 Å². The molecule has 0 N–H and O–H groups in total. The van der Waals surface area contributed by atoms with E-state index in [2.05, 4.69) is 41.2 Å². The van der Waals surface area contributed by atoms with E-state index in [1.165, 1.54) is 18.3 Å². The summed E-state index contributed by atoms with van der Waals surface area (Å²) < 4.78 is 0. The van der Waals surface area contributed by atoms with Crippen LogP contribution in [0, 0.1) is 0 Å². The maximum Gasteiger partial charge on any atom is 0.273 e. The number of likely N-dealkylation sites (tertiary alicyclic amines) is 1. The molecule has 0 bridgehead atoms. The first-order chi connectivity index (χ1) is 13.8. The normalized spacial score (nSPS) is 14.1. The SMILES string of the molecule is CCc1ccc(-c2ncnc(C(=O)N3CCCCC3)c2-c2ccccc2)cc1. The maximum absolute atomic E-state index is 13.3. The van der Waals surface area contributed by atoms with E-state index in [1.807, 2.05) is 35.2 Å². The van der Waals surface area contributed by atoms with E-state index in [1.54, 1.807) is 0 Å². The van der Waals surface area contributed by atoms with Gasteiger partial charge in [0.05, 0.1) is 5.69 Å². The number of rotatable bonds is 4. The minimum atomic E-state index is 0.00683. The lowest BCUT2D eigenvalue weighted by molar-refractivity contribution is 0.0719. The van der Waals surface area contributed by atoms with Gasteiger partial charge in [-0.25, -0.2) is 9.97 Å². The highest BCUT2D eigenvalue weighted by Gasteiger charge is 2.25. The first-order valence-corrected chi connectivity index (χ1v) is 10.1. The van der Waals surface area contributed by atoms with Crippen molar-refractivity contribution in [1.29, 1.82) is 0 Å². The molecule has 1 aromatic heterocycles. The summed E-state index contributed by atoms with van der Waals surface area (Å²) in [6.45, 7) is 3.75. The molecular formula is C24H25N3O. The molecule has 1 amide bonds. The van der Waals surface area contributed by atoms with Crippen LogP contribution in [-0.2, 0) is 6.42 Å². The standard InChI is InChI=1S/C24H25N3O/c1-2-18-11-13-20(14-12-18)22-21(19-9-5-3-6-10-19)23(26-17-25-22)24(28)27-15-7-4-8-16-27/h3,5-6,9-14,17H,2,4,7-8,15-16H2,1H3. The fraction of sp³-hybridized carbons (Fsp3) is 0.292. The number of nitrogens with zero attached hydrogens (tertiary/aromatic N) is 3. The van der Waals surface area contributed by atoms with E-state index in [0.29, 0.717) is 5.69 Å². The van der Waals surface area contributed by atoms with Crippen molar-refractivity contribution >= 4 is 5.91 Å². The third-order valence-corrected chi connectivity index (χ3v) is 5.39. The van der Waals surface area contributed by atoms with Crippen LogP contribution in [0.15, 0.2) is 60.9 Å². The number of carbonyl (C=O) groups is 1. The van der Waals surface area contributed by atoms with Gasteiger partial charge in [0.15, 0.2) is 0 Å². The van der Waals surface area contributed by atoms with Gasteiger partial charge in [0.25, 0.3) is 5.91 Å². The van der Waals surface area contributed by atoms with Gasteiger partial charge >= 0.3 is 0 Å². The molecule has 0 unspecified atom stereocenters. The van der Waals surface area contributed by atoms with E-state index >= 15 is 0 Å². The molecule has 2 heterocycles. The smallest absolute Gasteiger partial charge is 0.273 e. The molecule has 142 valence electrons. The minimum Gasteiger partial charge on any atom is -0.337 e. The summed E-state index contributed by atoms with van der Waals surface area (Å²) in [7, 11) is 0. The summed E-state index contributed by atoms with van der Waals surface area (Å²) in [6, 6.07) is 18.4. The Labute approximate surface area is 166 Å². The van der Waals surface area contributed by atoms with Crippen LogP contribution >= 0.6 is 0 Å². The van der Waals surface area contributed by atoms with Crippen molar-refractivity contribution in [2.75, 3.05) is 13.1 Å². The highest BCUT2D eigenvalue weighted by atomic mass is 16.2. The molecule has 0 aliphatic carbocycles. The molecule has 1 aliphatic rings. The van der Waals surface area contributed by atoms with Crippen molar-refractivity contribution in [3.63, 3.8) is 0 Å². The van der Waals surface area contributed by atoms with E-state index in [4.69, 9.17) is 0 Å². The number of hydrogen-bond acceptors (Lipinski definition) is 3. The van der Waals surface area contributed by atoms with Crippen molar-refractivity contribution in [2.45, 2.75) is 32.6 Å². The van der Waals surface area contributed by atoms with Crippen LogP contribution in [-0.4, -0.2) is 33.9 Å². The Bertz CT molecular complexity index is 945. The molecule has 4 nitrogen and oxygen atoms in total. The summed E-state index contributed by atoms with van der Waals surface area (Å²) in [5, 5.41) is 0. The minimum absolute atomic E-state index is 0.00683. The highest BCUT2D eigenvalue weighted by Crippen LogP contribution is 2.33. The van der Waals surface area contributed by atoms with Gasteiger partial charge in [0, 0.05) is 24.2 Å². The predicted molar refractivity (Wildman–Crippen MR) is 112 cm³/mol. The summed E-state index contributed by atoms with van der Waals surface area (Å²) in [5.41, 5.74) is 5.39. The Morgan fingerprint density at radius 2 is 1.61 bits per heavy atom. The van der Waals surface area contributed by atoms with Gasteiger partial charge < -0.3 is 4.90 Å². The molecule has 4 rings (SSSR count). The first kappa shape index (κ1) is 18.4. The van der Waals surface area contributed by atoms with Crippen molar-refractivity contribution < 1.29 is 4.79 Å². The zero-order chi connectivity index (χ0) is 19.3. The molecule has 3 aromatic rings. The van der Waals surface area contributed by atoms with E-state index in [-0.39, 0.29) is 5.91 Å². The fourth-order valence-corrected chi connectivity index (χ4v) is 3.79. The van der Waals surface area contributed by atoms with Crippen LogP contribution in [0.4, 0.5) is 0 Å². The zero-order valence-electron chi connectivity index (χ0n) is 16.3. The van der Waals surface area contributed by atoms with Crippen LogP contribution in [0.3, 0.4) is 0 Å². The third-order valence-electron chi connectivity index (χ3n) is 5.39. The van der Waals surface area contributed by atoms with Gasteiger partial charge in [-0.2, -0.15) is 0 Å². The Balaban J connectivity index is 1.85. The van der Waals surface area contributed by atoms with Crippen LogP contribution < -0.4 is 0 Å². The zero-order valence-corrected chi connectivity index (χ0v) is 16.3. The highest BCUT2D eigenvalue weighted by molar-refractivity contribution is 6.02. The van der Waals surface area contributed by atoms with Crippen LogP contribution in [0.2, 0.25) is 0 Å². The molecule has 2 aromatic carbocycles. The van der Waals surface area contributed by atoms with Crippen molar-refractivity contribution in [3.8, 4) is 22.4 Å². The molecule has 0 radical (unpaired) electrons. The number of carbonyl (C=O) groups excluding carboxylic acids is 1. The summed E-state index contributed by atoms with van der Waals surface area (Å²) in [6.07, 6.45) is 5.82. The third kappa shape index (κ3) is 3.68. The Morgan fingerprint density at radius 1 is 0.893 bits per heavy atom. The molecular weight excluding hydrogens is 346 g/mol. The fourth-order valence-electron chi connectivity index (χ4n) is 3.79. The number of amides is 1. The second-order valence-corrected chi connectivity index (χ2v) is 7.22. The number of hydrogen-bond donors (Lipinski definition) is 0. The number of benzene rings is 2. The van der Waals surface area contributed by atoms with Gasteiger partial charge in [-0.1, -0.05) is 61.5 Å². The lowest BCUT2D eigenvalue weighted by Gasteiger charge is -2.27. The quantitative estimate of drug-likeness (QED) is 0.648. The summed E-state index contributed by atoms with van der Waals surface area (Å²) >= 11 is 0. The molecule has 1 aliphatic heterocycles. The van der Waals surface area contributed by atoms with Crippen molar-refractivity contribution in [2.24, 2.45) is 0 Å². The predicted octanol–water partition coefficient (Wildman–Crippen LogP) is 5.00. The van der Waals surface area contributed by atoms with E-state index in [9.17, 15) is 4.79 Å². The Hall–Kier alpha value is -3.01. The Kier molecular flexibility index (Phi) is 5.47. The van der Waals surface area contributed by atoms with E-state index < -0.39 is 0 Å². The van der Waals surface area contributed by atoms with Crippen LogP contribution in [0.1, 0.15) is 42.2 Å². The van der Waals surface area contributed by atoms with Gasteiger partial charge in [0.1, 0.15) is 12.0 Å². The average molecular weight is 371 g/mol. The summed E-state index contributed by atoms with van der Waals surface area (Å²) in [5.74, 6) is 0.00683. The largest absolute Gasteiger partial charge is 0.337 e. The first-order valence-electron chi connectivity index (χ1n) is 10.1. The molecule has 0 atom stereocenters. The van der Waals surface area contributed by atoms with Gasteiger partial charge in [-0.15, -0.1) is 0 Å². The topological polar surface area (TPSA) is 46.1 Å². The monoisotopic (exact) mass is 371 g/mol. The van der Waals surface area contributed by atoms with Crippen molar-refractivity contribution in [1.82, 2.24) is 14.9 Å². The molecule has 4 heteroatoms. The number of piperidine rings is 1. The second kappa shape index (κ2) is 8.34. The lowest BCUT2D eigenvalue weighted by Crippen LogP contribution is -2.36. The van der Waals surface area contributed by atoms with Gasteiger partial charge in [-0.05, 0) is 36.8 Å². The number of aromatic nitrogens is 2. The van der Waals surface area contributed by atoms with Crippen LogP contribution in [0.5, 0.6) is 0 Å². The molecule has 0 saturated carbocycles.